The Kier molecular flexibility index (Phi) is 6.31. The van der Waals surface area contributed by atoms with Crippen molar-refractivity contribution in [3.63, 3.8) is 0 Å². The van der Waals surface area contributed by atoms with Gasteiger partial charge in [-0.05, 0) is 25.8 Å². The van der Waals surface area contributed by atoms with Crippen LogP contribution in [0, 0.1) is 0 Å². The first-order chi connectivity index (χ1) is 8.15. The highest BCUT2D eigenvalue weighted by atomic mass is 32.2. The van der Waals surface area contributed by atoms with E-state index in [0.29, 0.717) is 25.1 Å². The van der Waals surface area contributed by atoms with Gasteiger partial charge in [0.25, 0.3) is 0 Å². The molecule has 1 rings (SSSR count). The second-order valence-electron chi connectivity index (χ2n) is 3.96. The van der Waals surface area contributed by atoms with Crippen LogP contribution in [0.1, 0.15) is 19.3 Å². The van der Waals surface area contributed by atoms with E-state index in [1.807, 2.05) is 0 Å². The van der Waals surface area contributed by atoms with Crippen molar-refractivity contribution in [3.8, 4) is 0 Å². The maximum Gasteiger partial charge on any atom is 0.326 e. The van der Waals surface area contributed by atoms with E-state index in [1.165, 1.54) is 0 Å². The van der Waals surface area contributed by atoms with Gasteiger partial charge in [0.2, 0.25) is 5.91 Å². The molecule has 6 nitrogen and oxygen atoms in total. The number of amides is 1. The van der Waals surface area contributed by atoms with Gasteiger partial charge in [0, 0.05) is 11.6 Å². The highest BCUT2D eigenvalue weighted by molar-refractivity contribution is 7.99. The van der Waals surface area contributed by atoms with Crippen molar-refractivity contribution in [3.05, 3.63) is 0 Å². The Morgan fingerprint density at radius 2 is 2.29 bits per heavy atom. The summed E-state index contributed by atoms with van der Waals surface area (Å²) in [6.07, 6.45) is 1.91. The third-order valence-corrected chi connectivity index (χ3v) is 3.53. The maximum atomic E-state index is 11.7. The molecule has 0 aromatic rings. The van der Waals surface area contributed by atoms with E-state index >= 15 is 0 Å². The van der Waals surface area contributed by atoms with Gasteiger partial charge >= 0.3 is 5.97 Å². The molecule has 0 aliphatic carbocycles. The molecule has 1 heterocycles. The molecule has 0 radical (unpaired) electrons. The topological polar surface area (TPSA) is 104 Å². The number of hydrogen-bond donors (Lipinski definition) is 4. The largest absolute Gasteiger partial charge is 0.480 e. The molecule has 1 aliphatic rings. The number of nitrogens with one attached hydrogen (secondary N) is 2. The Morgan fingerprint density at radius 3 is 2.82 bits per heavy atom. The molecule has 1 aliphatic heterocycles. The molecule has 2 unspecified atom stereocenters. The normalized spacial score (nSPS) is 21.1. The lowest BCUT2D eigenvalue weighted by Crippen LogP contribution is -2.49. The lowest BCUT2D eigenvalue weighted by molar-refractivity contribution is -0.142. The van der Waals surface area contributed by atoms with Gasteiger partial charge in [0.15, 0.2) is 0 Å². The van der Waals surface area contributed by atoms with Crippen molar-refractivity contribution >= 4 is 23.6 Å². The predicted octanol–water partition coefficient (Wildman–Crippen LogP) is -0.653. The molecule has 2 atom stereocenters. The molecule has 7 heteroatoms. The summed E-state index contributed by atoms with van der Waals surface area (Å²) in [4.78, 5) is 22.7. The van der Waals surface area contributed by atoms with Gasteiger partial charge in [-0.2, -0.15) is 0 Å². The summed E-state index contributed by atoms with van der Waals surface area (Å²) < 4.78 is 0. The van der Waals surface area contributed by atoms with Crippen LogP contribution in [-0.2, 0) is 9.59 Å². The standard InChI is InChI=1S/C10H19N3O3S/c11-4-2-1-3-7(10(15)16)13-9(14)8-5-17-6-12-8/h7-8,12H,1-6,11H2,(H,13,14)(H,15,16). The van der Waals surface area contributed by atoms with Crippen LogP contribution < -0.4 is 16.4 Å². The Balaban J connectivity index is 2.36. The number of aliphatic carboxylic acids is 1. The van der Waals surface area contributed by atoms with E-state index in [1.54, 1.807) is 11.8 Å². The Bertz CT molecular complexity index is 270. The zero-order chi connectivity index (χ0) is 12.7. The van der Waals surface area contributed by atoms with Crippen LogP contribution >= 0.6 is 11.8 Å². The summed E-state index contributed by atoms with van der Waals surface area (Å²) in [5, 5.41) is 14.6. The second kappa shape index (κ2) is 7.52. The fourth-order valence-electron chi connectivity index (χ4n) is 1.59. The number of carboxylic acid groups (broad SMARTS) is 1. The number of carbonyl (C=O) groups excluding carboxylic acids is 1. The Labute approximate surface area is 105 Å². The summed E-state index contributed by atoms with van der Waals surface area (Å²) in [5.41, 5.74) is 5.34. The molecular formula is C10H19N3O3S. The van der Waals surface area contributed by atoms with Crippen LogP contribution in [-0.4, -0.2) is 47.2 Å². The molecule has 1 amide bonds. The number of unbranched alkanes of at least 4 members (excludes halogenated alkanes) is 1. The van der Waals surface area contributed by atoms with E-state index in [4.69, 9.17) is 10.8 Å². The first-order valence-electron chi connectivity index (χ1n) is 5.69. The van der Waals surface area contributed by atoms with Crippen LogP contribution in [0.3, 0.4) is 0 Å². The molecule has 0 aromatic heterocycles. The van der Waals surface area contributed by atoms with E-state index < -0.39 is 12.0 Å². The molecule has 0 aromatic carbocycles. The average molecular weight is 261 g/mol. The van der Waals surface area contributed by atoms with E-state index in [2.05, 4.69) is 10.6 Å². The molecular weight excluding hydrogens is 242 g/mol. The fourth-order valence-corrected chi connectivity index (χ4v) is 2.53. The van der Waals surface area contributed by atoms with Gasteiger partial charge in [-0.3, -0.25) is 10.1 Å². The lowest BCUT2D eigenvalue weighted by atomic mass is 10.1. The van der Waals surface area contributed by atoms with Crippen molar-refractivity contribution in [2.24, 2.45) is 5.73 Å². The summed E-state index contributed by atoms with van der Waals surface area (Å²) >= 11 is 1.63. The number of hydrogen-bond acceptors (Lipinski definition) is 5. The van der Waals surface area contributed by atoms with Crippen molar-refractivity contribution in [2.75, 3.05) is 18.2 Å². The molecule has 0 saturated carbocycles. The molecule has 98 valence electrons. The van der Waals surface area contributed by atoms with Gasteiger partial charge < -0.3 is 16.2 Å². The van der Waals surface area contributed by atoms with Gasteiger partial charge in [0.05, 0.1) is 6.04 Å². The Morgan fingerprint density at radius 1 is 1.53 bits per heavy atom. The van der Waals surface area contributed by atoms with Crippen molar-refractivity contribution in [1.82, 2.24) is 10.6 Å². The van der Waals surface area contributed by atoms with E-state index in [-0.39, 0.29) is 11.9 Å². The SMILES string of the molecule is NCCCCC(NC(=O)C1CSCN1)C(=O)O. The minimum atomic E-state index is -0.985. The van der Waals surface area contributed by atoms with Gasteiger partial charge in [-0.25, -0.2) is 4.79 Å². The minimum absolute atomic E-state index is 0.227. The zero-order valence-electron chi connectivity index (χ0n) is 9.65. The van der Waals surface area contributed by atoms with Gasteiger partial charge in [-0.15, -0.1) is 11.8 Å². The van der Waals surface area contributed by atoms with Crippen LogP contribution in [0.2, 0.25) is 0 Å². The summed E-state index contributed by atoms with van der Waals surface area (Å²) in [5.74, 6) is 0.223. The van der Waals surface area contributed by atoms with Gasteiger partial charge in [0.1, 0.15) is 6.04 Å². The number of carboxylic acids is 1. The summed E-state index contributed by atoms with van der Waals surface area (Å²) in [6.45, 7) is 0.543. The van der Waals surface area contributed by atoms with E-state index in [9.17, 15) is 9.59 Å². The monoisotopic (exact) mass is 261 g/mol. The second-order valence-corrected chi connectivity index (χ2v) is 4.99. The lowest BCUT2D eigenvalue weighted by Gasteiger charge is -2.17. The van der Waals surface area contributed by atoms with E-state index in [0.717, 1.165) is 12.3 Å². The van der Waals surface area contributed by atoms with Crippen LogP contribution in [0.4, 0.5) is 0 Å². The Hall–Kier alpha value is -0.790. The van der Waals surface area contributed by atoms with Crippen LogP contribution in [0.5, 0.6) is 0 Å². The molecule has 1 fully saturated rings. The first-order valence-corrected chi connectivity index (χ1v) is 6.85. The first kappa shape index (κ1) is 14.3. The number of nitrogens with two attached hydrogens (primary N) is 1. The molecule has 1 saturated heterocycles. The molecule has 17 heavy (non-hydrogen) atoms. The smallest absolute Gasteiger partial charge is 0.326 e. The third-order valence-electron chi connectivity index (χ3n) is 2.59. The predicted molar refractivity (Wildman–Crippen MR) is 66.7 cm³/mol. The van der Waals surface area contributed by atoms with Gasteiger partial charge in [-0.1, -0.05) is 0 Å². The maximum absolute atomic E-state index is 11.7. The molecule has 0 spiro atoms. The highest BCUT2D eigenvalue weighted by Gasteiger charge is 2.26. The van der Waals surface area contributed by atoms with Crippen molar-refractivity contribution in [2.45, 2.75) is 31.3 Å². The molecule has 5 N–H and O–H groups in total. The zero-order valence-corrected chi connectivity index (χ0v) is 10.5. The number of carbonyl (C=O) groups is 2. The van der Waals surface area contributed by atoms with Crippen LogP contribution in [0.15, 0.2) is 0 Å². The number of thioether (sulfide) groups is 1. The van der Waals surface area contributed by atoms with Crippen molar-refractivity contribution in [1.29, 1.82) is 0 Å². The summed E-state index contributed by atoms with van der Waals surface area (Å²) in [6, 6.07) is -1.07. The summed E-state index contributed by atoms with van der Waals surface area (Å²) in [7, 11) is 0. The molecule has 0 bridgehead atoms. The quantitative estimate of drug-likeness (QED) is 0.454. The fraction of sp³-hybridized carbons (Fsp3) is 0.800. The minimum Gasteiger partial charge on any atom is -0.480 e. The third kappa shape index (κ3) is 4.93. The highest BCUT2D eigenvalue weighted by Crippen LogP contribution is 2.10. The average Bonchev–Trinajstić information content (AvgIpc) is 2.81. The number of rotatable bonds is 7. The van der Waals surface area contributed by atoms with Crippen LogP contribution in [0.25, 0.3) is 0 Å². The van der Waals surface area contributed by atoms with Crippen molar-refractivity contribution < 1.29 is 14.7 Å².